The zero-order chi connectivity index (χ0) is 20.9. The molecule has 0 bridgehead atoms. The molecule has 0 unspecified atom stereocenters. The first-order valence-electron chi connectivity index (χ1n) is 10.3. The minimum absolute atomic E-state index is 0.219. The van der Waals surface area contributed by atoms with Gasteiger partial charge in [0.25, 0.3) is 5.91 Å². The number of aromatic nitrogens is 2. The Kier molecular flexibility index (Phi) is 6.09. The van der Waals surface area contributed by atoms with E-state index < -0.39 is 0 Å². The van der Waals surface area contributed by atoms with Crippen molar-refractivity contribution in [2.75, 3.05) is 18.9 Å². The molecule has 7 nitrogen and oxygen atoms in total. The van der Waals surface area contributed by atoms with Crippen molar-refractivity contribution in [3.05, 3.63) is 54.4 Å². The van der Waals surface area contributed by atoms with Crippen molar-refractivity contribution in [1.82, 2.24) is 15.3 Å². The normalized spacial score (nSPS) is 18.7. The monoisotopic (exact) mass is 406 g/mol. The Morgan fingerprint density at radius 2 is 1.97 bits per heavy atom. The zero-order valence-electron chi connectivity index (χ0n) is 17.0. The van der Waals surface area contributed by atoms with Gasteiger partial charge in [-0.05, 0) is 49.2 Å². The number of amides is 1. The number of carbonyl (C=O) groups excluding carboxylic acids is 1. The van der Waals surface area contributed by atoms with E-state index in [-0.39, 0.29) is 17.9 Å². The molecule has 1 fully saturated rings. The summed E-state index contributed by atoms with van der Waals surface area (Å²) in [6.45, 7) is 0.733. The largest absolute Gasteiger partial charge is 0.457 e. The fourth-order valence-corrected chi connectivity index (χ4v) is 3.79. The van der Waals surface area contributed by atoms with Gasteiger partial charge in [-0.3, -0.25) is 9.78 Å². The zero-order valence-corrected chi connectivity index (χ0v) is 17.0. The minimum atomic E-state index is -0.260. The van der Waals surface area contributed by atoms with E-state index >= 15 is 0 Å². The summed E-state index contributed by atoms with van der Waals surface area (Å²) in [5.74, 6) is 2.03. The molecule has 156 valence electrons. The van der Waals surface area contributed by atoms with Gasteiger partial charge in [0.05, 0.1) is 11.6 Å². The first-order valence-corrected chi connectivity index (χ1v) is 10.3. The van der Waals surface area contributed by atoms with Crippen molar-refractivity contribution < 1.29 is 14.6 Å². The molecule has 30 heavy (non-hydrogen) atoms. The molecule has 3 aromatic rings. The molecule has 7 heteroatoms. The highest BCUT2D eigenvalue weighted by Crippen LogP contribution is 2.27. The number of carbonyl (C=O) groups is 1. The van der Waals surface area contributed by atoms with Crippen LogP contribution in [0.4, 0.5) is 5.82 Å². The molecule has 3 N–H and O–H groups in total. The number of anilines is 1. The van der Waals surface area contributed by atoms with Crippen LogP contribution in [0.5, 0.6) is 11.5 Å². The van der Waals surface area contributed by atoms with Crippen LogP contribution >= 0.6 is 0 Å². The molecule has 0 radical (unpaired) electrons. The summed E-state index contributed by atoms with van der Waals surface area (Å²) in [6.07, 6.45) is 5.57. The molecule has 1 aromatic carbocycles. The van der Waals surface area contributed by atoms with Crippen molar-refractivity contribution in [1.29, 1.82) is 0 Å². The van der Waals surface area contributed by atoms with Crippen LogP contribution in [0.25, 0.3) is 10.9 Å². The van der Waals surface area contributed by atoms with Crippen LogP contribution < -0.4 is 15.4 Å². The average Bonchev–Trinajstić information content (AvgIpc) is 2.78. The average molecular weight is 406 g/mol. The van der Waals surface area contributed by atoms with Crippen LogP contribution in [0.3, 0.4) is 0 Å². The Labute approximate surface area is 175 Å². The van der Waals surface area contributed by atoms with Gasteiger partial charge in [0.1, 0.15) is 23.0 Å². The van der Waals surface area contributed by atoms with Gasteiger partial charge < -0.3 is 20.5 Å². The number of nitrogens with one attached hydrogen (secondary N) is 2. The van der Waals surface area contributed by atoms with Gasteiger partial charge in [-0.25, -0.2) is 4.98 Å². The SMILES string of the molecule is CNC(=O)c1cc(Oc2ccc3nc(NC[C@H]4CCCC[C@@H]4O)ccc3c2)ccn1. The lowest BCUT2D eigenvalue weighted by Gasteiger charge is -2.27. The Morgan fingerprint density at radius 3 is 2.80 bits per heavy atom. The van der Waals surface area contributed by atoms with Gasteiger partial charge in [-0.1, -0.05) is 12.8 Å². The van der Waals surface area contributed by atoms with Gasteiger partial charge in [-0.2, -0.15) is 0 Å². The molecule has 1 saturated carbocycles. The number of fused-ring (bicyclic) bond motifs is 1. The summed E-state index contributed by atoms with van der Waals surface area (Å²) in [4.78, 5) is 20.5. The summed E-state index contributed by atoms with van der Waals surface area (Å²) in [7, 11) is 1.56. The van der Waals surface area contributed by atoms with E-state index in [4.69, 9.17) is 4.74 Å². The van der Waals surface area contributed by atoms with Crippen molar-refractivity contribution in [2.24, 2.45) is 5.92 Å². The predicted octanol–water partition coefficient (Wildman–Crippen LogP) is 3.74. The summed E-state index contributed by atoms with van der Waals surface area (Å²) >= 11 is 0. The van der Waals surface area contributed by atoms with Crippen molar-refractivity contribution in [2.45, 2.75) is 31.8 Å². The number of pyridine rings is 2. The first-order chi connectivity index (χ1) is 14.6. The molecule has 0 spiro atoms. The van der Waals surface area contributed by atoms with Crippen LogP contribution in [0.1, 0.15) is 36.2 Å². The molecule has 0 saturated heterocycles. The van der Waals surface area contributed by atoms with E-state index in [1.54, 1.807) is 25.4 Å². The lowest BCUT2D eigenvalue weighted by Crippen LogP contribution is -2.30. The molecule has 2 heterocycles. The quantitative estimate of drug-likeness (QED) is 0.577. The molecule has 1 aliphatic carbocycles. The molecule has 2 atom stereocenters. The lowest BCUT2D eigenvalue weighted by atomic mass is 9.86. The molecular formula is C23H26N4O3. The third-order valence-electron chi connectivity index (χ3n) is 5.50. The first kappa shape index (κ1) is 20.1. The summed E-state index contributed by atoms with van der Waals surface area (Å²) in [5, 5.41) is 17.0. The highest BCUT2D eigenvalue weighted by molar-refractivity contribution is 5.92. The van der Waals surface area contributed by atoms with E-state index in [0.29, 0.717) is 17.2 Å². The minimum Gasteiger partial charge on any atom is -0.457 e. The van der Waals surface area contributed by atoms with Gasteiger partial charge in [0, 0.05) is 37.2 Å². The maximum absolute atomic E-state index is 11.7. The van der Waals surface area contributed by atoms with E-state index in [1.165, 1.54) is 6.42 Å². The number of hydrogen-bond acceptors (Lipinski definition) is 6. The predicted molar refractivity (Wildman–Crippen MR) is 116 cm³/mol. The molecule has 0 aliphatic heterocycles. The second-order valence-electron chi connectivity index (χ2n) is 7.60. The topological polar surface area (TPSA) is 96.4 Å². The number of ether oxygens (including phenoxy) is 1. The smallest absolute Gasteiger partial charge is 0.269 e. The Balaban J connectivity index is 1.45. The van der Waals surface area contributed by atoms with Crippen LogP contribution in [0.15, 0.2) is 48.7 Å². The molecule has 1 aliphatic rings. The standard InChI is InChI=1S/C23H26N4O3/c1-24-23(29)20-13-18(10-11-25-20)30-17-7-8-19-15(12-17)6-9-22(27-19)26-14-16-4-2-3-5-21(16)28/h6-13,16,21,28H,2-5,14H2,1H3,(H,24,29)(H,26,27)/t16-,21+/m1/s1. The van der Waals surface area contributed by atoms with E-state index in [0.717, 1.165) is 42.5 Å². The fourth-order valence-electron chi connectivity index (χ4n) is 3.79. The Morgan fingerprint density at radius 1 is 1.13 bits per heavy atom. The van der Waals surface area contributed by atoms with Crippen LogP contribution in [0.2, 0.25) is 0 Å². The highest BCUT2D eigenvalue weighted by atomic mass is 16.5. The second-order valence-corrected chi connectivity index (χ2v) is 7.60. The second kappa shape index (κ2) is 9.09. The van der Waals surface area contributed by atoms with E-state index in [9.17, 15) is 9.90 Å². The van der Waals surface area contributed by atoms with Crippen molar-refractivity contribution in [3.63, 3.8) is 0 Å². The fraction of sp³-hybridized carbons (Fsp3) is 0.348. The third kappa shape index (κ3) is 4.68. The molecule has 4 rings (SSSR count). The van der Waals surface area contributed by atoms with Crippen LogP contribution in [-0.2, 0) is 0 Å². The highest BCUT2D eigenvalue weighted by Gasteiger charge is 2.22. The Hall–Kier alpha value is -3.19. The number of rotatable bonds is 6. The van der Waals surface area contributed by atoms with Gasteiger partial charge in [0.2, 0.25) is 0 Å². The number of aliphatic hydroxyl groups is 1. The molecule has 2 aromatic heterocycles. The van der Waals surface area contributed by atoms with Crippen LogP contribution in [0, 0.1) is 5.92 Å². The van der Waals surface area contributed by atoms with Gasteiger partial charge >= 0.3 is 0 Å². The van der Waals surface area contributed by atoms with Crippen molar-refractivity contribution >= 4 is 22.6 Å². The summed E-state index contributed by atoms with van der Waals surface area (Å²) in [6, 6.07) is 12.9. The number of aliphatic hydroxyl groups excluding tert-OH is 1. The van der Waals surface area contributed by atoms with Gasteiger partial charge in [-0.15, -0.1) is 0 Å². The molecular weight excluding hydrogens is 380 g/mol. The summed E-state index contributed by atoms with van der Waals surface area (Å²) in [5.41, 5.74) is 1.16. The maximum Gasteiger partial charge on any atom is 0.269 e. The van der Waals surface area contributed by atoms with Crippen LogP contribution in [-0.4, -0.2) is 40.7 Å². The van der Waals surface area contributed by atoms with Crippen molar-refractivity contribution in [3.8, 4) is 11.5 Å². The Bertz CT molecular complexity index is 1040. The maximum atomic E-state index is 11.7. The van der Waals surface area contributed by atoms with Gasteiger partial charge in [0.15, 0.2) is 0 Å². The third-order valence-corrected chi connectivity index (χ3v) is 5.50. The number of nitrogens with zero attached hydrogens (tertiary/aromatic N) is 2. The lowest BCUT2D eigenvalue weighted by molar-refractivity contribution is 0.0763. The van der Waals surface area contributed by atoms with E-state index in [2.05, 4.69) is 20.6 Å². The summed E-state index contributed by atoms with van der Waals surface area (Å²) < 4.78 is 5.90. The number of benzene rings is 1. The molecule has 1 amide bonds. The van der Waals surface area contributed by atoms with E-state index in [1.807, 2.05) is 30.3 Å². The number of hydrogen-bond donors (Lipinski definition) is 3.